The van der Waals surface area contributed by atoms with Gasteiger partial charge in [0.1, 0.15) is 18.4 Å². The normalized spacial score (nSPS) is 31.0. The van der Waals surface area contributed by atoms with Crippen LogP contribution in [0.3, 0.4) is 0 Å². The number of quaternary nitrogens is 1. The van der Waals surface area contributed by atoms with E-state index in [9.17, 15) is 8.42 Å². The molecular formula is C9H19N2O4S+. The van der Waals surface area contributed by atoms with Gasteiger partial charge in [0.05, 0.1) is 13.1 Å². The van der Waals surface area contributed by atoms with Crippen LogP contribution in [-0.2, 0) is 14.9 Å². The largest absolute Gasteiger partial charge is 0.321 e. The molecule has 16 heavy (non-hydrogen) atoms. The maximum atomic E-state index is 10.8. The summed E-state index contributed by atoms with van der Waals surface area (Å²) >= 11 is 0. The minimum Gasteiger partial charge on any atom is -0.321 e. The van der Waals surface area contributed by atoms with E-state index in [1.807, 2.05) is 0 Å². The second-order valence-electron chi connectivity index (χ2n) is 4.94. The molecule has 94 valence electrons. The van der Waals surface area contributed by atoms with Gasteiger partial charge in [-0.25, -0.2) is 0 Å². The average Bonchev–Trinajstić information content (AvgIpc) is 2.52. The molecule has 0 aromatic carbocycles. The summed E-state index contributed by atoms with van der Waals surface area (Å²) in [5.74, 6) is -0.275. The van der Waals surface area contributed by atoms with Gasteiger partial charge in [0.15, 0.2) is 6.73 Å². The third-order valence-electron chi connectivity index (χ3n) is 3.48. The lowest BCUT2D eigenvalue weighted by atomic mass is 10.2. The first-order valence-corrected chi connectivity index (χ1v) is 7.10. The summed E-state index contributed by atoms with van der Waals surface area (Å²) in [6.45, 7) is 5.31. The summed E-state index contributed by atoms with van der Waals surface area (Å²) in [6, 6.07) is 0. The Morgan fingerprint density at radius 2 is 2.06 bits per heavy atom. The molecule has 1 unspecified atom stereocenters. The lowest BCUT2D eigenvalue weighted by Crippen LogP contribution is -2.57. The van der Waals surface area contributed by atoms with Gasteiger partial charge in [-0.2, -0.15) is 8.42 Å². The number of ether oxygens (including phenoxy) is 1. The first-order chi connectivity index (χ1) is 7.39. The minimum atomic E-state index is -3.92. The quantitative estimate of drug-likeness (QED) is 0.503. The van der Waals surface area contributed by atoms with E-state index in [4.69, 9.17) is 9.29 Å². The predicted octanol–water partition coefficient (Wildman–Crippen LogP) is -1.01. The van der Waals surface area contributed by atoms with Crippen molar-refractivity contribution in [1.82, 2.24) is 4.90 Å². The number of rotatable bonds is 2. The molecule has 2 aliphatic rings. The highest BCUT2D eigenvalue weighted by Gasteiger charge is 2.42. The van der Waals surface area contributed by atoms with Gasteiger partial charge < -0.3 is 4.74 Å². The Hall–Kier alpha value is -0.210. The molecule has 0 radical (unpaired) electrons. The van der Waals surface area contributed by atoms with Crippen molar-refractivity contribution in [3.05, 3.63) is 0 Å². The Kier molecular flexibility index (Phi) is 3.24. The van der Waals surface area contributed by atoms with Crippen LogP contribution in [0.4, 0.5) is 0 Å². The van der Waals surface area contributed by atoms with Crippen molar-refractivity contribution in [2.75, 3.05) is 52.3 Å². The maximum absolute atomic E-state index is 10.8. The fraction of sp³-hybridized carbons (Fsp3) is 1.00. The van der Waals surface area contributed by atoms with Crippen molar-refractivity contribution in [2.45, 2.75) is 6.10 Å². The molecule has 0 saturated carbocycles. The second kappa shape index (κ2) is 4.23. The van der Waals surface area contributed by atoms with Gasteiger partial charge >= 0.3 is 0 Å². The zero-order valence-corrected chi connectivity index (χ0v) is 10.3. The van der Waals surface area contributed by atoms with E-state index in [-0.39, 0.29) is 11.9 Å². The molecule has 1 spiro atoms. The van der Waals surface area contributed by atoms with E-state index in [1.165, 1.54) is 0 Å². The fourth-order valence-corrected chi connectivity index (χ4v) is 3.11. The van der Waals surface area contributed by atoms with Crippen molar-refractivity contribution in [2.24, 2.45) is 0 Å². The topological polar surface area (TPSA) is 66.8 Å². The predicted molar refractivity (Wildman–Crippen MR) is 58.5 cm³/mol. The van der Waals surface area contributed by atoms with Crippen LogP contribution in [-0.4, -0.2) is 80.7 Å². The van der Waals surface area contributed by atoms with E-state index < -0.39 is 10.1 Å². The van der Waals surface area contributed by atoms with Crippen LogP contribution in [0.15, 0.2) is 0 Å². The molecule has 1 atom stereocenters. The molecule has 0 aromatic heterocycles. The average molecular weight is 251 g/mol. The molecule has 0 aliphatic carbocycles. The molecule has 7 heteroatoms. The standard InChI is InChI=1S/C9H18N2O4S/c1-10-2-4-11(5-3-10)6-9(15-8-11)7-16(12,13)14/h9H,2-8H2,1H3/p+1. The molecule has 2 heterocycles. The molecule has 2 rings (SSSR count). The maximum Gasteiger partial charge on any atom is 0.267 e. The van der Waals surface area contributed by atoms with Crippen molar-refractivity contribution in [1.29, 1.82) is 0 Å². The highest BCUT2D eigenvalue weighted by molar-refractivity contribution is 7.85. The Morgan fingerprint density at radius 3 is 2.62 bits per heavy atom. The first kappa shape index (κ1) is 12.3. The Bertz CT molecular complexity index is 349. The van der Waals surface area contributed by atoms with Crippen molar-refractivity contribution in [3.8, 4) is 0 Å². The molecule has 2 fully saturated rings. The van der Waals surface area contributed by atoms with Gasteiger partial charge in [-0.3, -0.25) is 13.9 Å². The summed E-state index contributed by atoms with van der Waals surface area (Å²) in [5.41, 5.74) is 0. The van der Waals surface area contributed by atoms with Gasteiger partial charge in [-0.05, 0) is 7.05 Å². The van der Waals surface area contributed by atoms with Crippen LogP contribution in [0, 0.1) is 0 Å². The van der Waals surface area contributed by atoms with E-state index in [1.54, 1.807) is 0 Å². The Balaban J connectivity index is 1.92. The van der Waals surface area contributed by atoms with Crippen LogP contribution in [0.2, 0.25) is 0 Å². The van der Waals surface area contributed by atoms with E-state index in [0.717, 1.165) is 30.7 Å². The highest BCUT2D eigenvalue weighted by atomic mass is 32.2. The minimum absolute atomic E-state index is 0.275. The second-order valence-corrected chi connectivity index (χ2v) is 6.44. The van der Waals surface area contributed by atoms with Crippen molar-refractivity contribution < 1.29 is 22.2 Å². The third kappa shape index (κ3) is 2.92. The van der Waals surface area contributed by atoms with Crippen molar-refractivity contribution >= 4 is 10.1 Å². The van der Waals surface area contributed by atoms with Crippen LogP contribution in [0.1, 0.15) is 0 Å². The zero-order valence-electron chi connectivity index (χ0n) is 9.50. The summed E-state index contributed by atoms with van der Waals surface area (Å²) < 4.78 is 36.6. The van der Waals surface area contributed by atoms with Gasteiger partial charge in [-0.15, -0.1) is 0 Å². The summed E-state index contributed by atoms with van der Waals surface area (Å²) in [4.78, 5) is 2.26. The number of hydrogen-bond acceptors (Lipinski definition) is 4. The lowest BCUT2D eigenvalue weighted by Gasteiger charge is -2.39. The molecule has 0 aromatic rings. The van der Waals surface area contributed by atoms with Gasteiger partial charge in [0, 0.05) is 13.1 Å². The highest BCUT2D eigenvalue weighted by Crippen LogP contribution is 2.22. The number of hydrogen-bond donors (Lipinski definition) is 1. The summed E-state index contributed by atoms with van der Waals surface area (Å²) in [6.07, 6.45) is -0.349. The number of piperazine rings is 1. The smallest absolute Gasteiger partial charge is 0.267 e. The van der Waals surface area contributed by atoms with E-state index in [2.05, 4.69) is 11.9 Å². The van der Waals surface area contributed by atoms with Gasteiger partial charge in [0.25, 0.3) is 10.1 Å². The SMILES string of the molecule is CN1CC[N+]2(CC1)COC(CS(=O)(=O)O)C2. The lowest BCUT2D eigenvalue weighted by molar-refractivity contribution is -0.929. The van der Waals surface area contributed by atoms with Gasteiger partial charge in [0.2, 0.25) is 0 Å². The van der Waals surface area contributed by atoms with Crippen LogP contribution in [0.25, 0.3) is 0 Å². The summed E-state index contributed by atoms with van der Waals surface area (Å²) in [7, 11) is -1.83. The third-order valence-corrected chi connectivity index (χ3v) is 4.28. The van der Waals surface area contributed by atoms with Crippen LogP contribution < -0.4 is 0 Å². The van der Waals surface area contributed by atoms with Crippen molar-refractivity contribution in [3.63, 3.8) is 0 Å². The van der Waals surface area contributed by atoms with Gasteiger partial charge in [-0.1, -0.05) is 0 Å². The number of likely N-dealkylation sites (N-methyl/N-ethyl adjacent to an activating group) is 1. The molecular weight excluding hydrogens is 232 g/mol. The molecule has 0 bridgehead atoms. The molecule has 2 aliphatic heterocycles. The Morgan fingerprint density at radius 1 is 1.44 bits per heavy atom. The van der Waals surface area contributed by atoms with Crippen LogP contribution in [0.5, 0.6) is 0 Å². The fourth-order valence-electron chi connectivity index (χ4n) is 2.44. The first-order valence-electron chi connectivity index (χ1n) is 5.49. The van der Waals surface area contributed by atoms with Crippen LogP contribution >= 0.6 is 0 Å². The number of nitrogens with zero attached hydrogens (tertiary/aromatic N) is 2. The molecule has 6 nitrogen and oxygen atoms in total. The molecule has 2 saturated heterocycles. The molecule has 1 N–H and O–H groups in total. The summed E-state index contributed by atoms with van der Waals surface area (Å²) in [5, 5.41) is 0. The van der Waals surface area contributed by atoms with E-state index >= 15 is 0 Å². The zero-order chi connectivity index (χ0) is 11.8. The monoisotopic (exact) mass is 251 g/mol. The molecule has 0 amide bonds. The van der Waals surface area contributed by atoms with E-state index in [0.29, 0.717) is 13.3 Å². The Labute approximate surface area is 96.1 Å².